The molecule has 110 valence electrons. The number of nitrogens with one attached hydrogen (secondary N) is 2. The Morgan fingerprint density at radius 1 is 1.30 bits per heavy atom. The van der Waals surface area contributed by atoms with Crippen molar-refractivity contribution >= 4 is 21.8 Å². The van der Waals surface area contributed by atoms with Crippen LogP contribution < -0.4 is 10.6 Å². The van der Waals surface area contributed by atoms with Crippen molar-refractivity contribution in [2.45, 2.75) is 44.7 Å². The van der Waals surface area contributed by atoms with Gasteiger partial charge in [-0.05, 0) is 36.6 Å². The van der Waals surface area contributed by atoms with Crippen LogP contribution in [-0.4, -0.2) is 18.5 Å². The SMILES string of the molecule is O=C(CNCc1cc(F)ccc1Br)NC1CCCCC1. The molecule has 1 fully saturated rings. The van der Waals surface area contributed by atoms with Crippen molar-refractivity contribution in [1.29, 1.82) is 0 Å². The van der Waals surface area contributed by atoms with Crippen molar-refractivity contribution in [3.05, 3.63) is 34.1 Å². The number of halogens is 2. The summed E-state index contributed by atoms with van der Waals surface area (Å²) in [5.74, 6) is -0.249. The Bertz CT molecular complexity index is 461. The maximum absolute atomic E-state index is 13.1. The van der Waals surface area contributed by atoms with E-state index in [0.717, 1.165) is 22.9 Å². The van der Waals surface area contributed by atoms with Crippen LogP contribution in [0.4, 0.5) is 4.39 Å². The van der Waals surface area contributed by atoms with Crippen LogP contribution in [0.3, 0.4) is 0 Å². The van der Waals surface area contributed by atoms with Crippen LogP contribution in [0.25, 0.3) is 0 Å². The Balaban J connectivity index is 1.72. The third-order valence-corrected chi connectivity index (χ3v) is 4.35. The van der Waals surface area contributed by atoms with Gasteiger partial charge in [-0.1, -0.05) is 35.2 Å². The summed E-state index contributed by atoms with van der Waals surface area (Å²) in [6.07, 6.45) is 5.85. The molecular weight excluding hydrogens is 323 g/mol. The van der Waals surface area contributed by atoms with Gasteiger partial charge >= 0.3 is 0 Å². The molecule has 0 radical (unpaired) electrons. The topological polar surface area (TPSA) is 41.1 Å². The third kappa shape index (κ3) is 4.87. The van der Waals surface area contributed by atoms with Crippen LogP contribution in [0.2, 0.25) is 0 Å². The van der Waals surface area contributed by atoms with Gasteiger partial charge in [0.05, 0.1) is 6.54 Å². The van der Waals surface area contributed by atoms with E-state index in [2.05, 4.69) is 26.6 Å². The third-order valence-electron chi connectivity index (χ3n) is 3.58. The first-order valence-electron chi connectivity index (χ1n) is 7.09. The number of hydrogen-bond acceptors (Lipinski definition) is 2. The first-order chi connectivity index (χ1) is 9.65. The van der Waals surface area contributed by atoms with Crippen LogP contribution >= 0.6 is 15.9 Å². The molecule has 0 spiro atoms. The van der Waals surface area contributed by atoms with Gasteiger partial charge in [0.1, 0.15) is 5.82 Å². The molecule has 2 rings (SSSR count). The zero-order chi connectivity index (χ0) is 14.4. The zero-order valence-electron chi connectivity index (χ0n) is 11.4. The minimum Gasteiger partial charge on any atom is -0.352 e. The smallest absolute Gasteiger partial charge is 0.234 e. The predicted molar refractivity (Wildman–Crippen MR) is 80.8 cm³/mol. The van der Waals surface area contributed by atoms with Gasteiger partial charge in [0, 0.05) is 17.1 Å². The minimum atomic E-state index is -0.267. The van der Waals surface area contributed by atoms with E-state index in [1.807, 2.05) is 0 Å². The lowest BCUT2D eigenvalue weighted by Gasteiger charge is -2.22. The Labute approximate surface area is 127 Å². The second-order valence-electron chi connectivity index (χ2n) is 5.24. The lowest BCUT2D eigenvalue weighted by atomic mass is 9.95. The van der Waals surface area contributed by atoms with Crippen LogP contribution in [0.15, 0.2) is 22.7 Å². The fraction of sp³-hybridized carbons (Fsp3) is 0.533. The van der Waals surface area contributed by atoms with Gasteiger partial charge in [-0.2, -0.15) is 0 Å². The van der Waals surface area contributed by atoms with E-state index in [1.54, 1.807) is 6.07 Å². The summed E-state index contributed by atoms with van der Waals surface area (Å²) in [6.45, 7) is 0.732. The highest BCUT2D eigenvalue weighted by Crippen LogP contribution is 2.18. The molecule has 1 aromatic rings. The van der Waals surface area contributed by atoms with Crippen molar-refractivity contribution in [2.24, 2.45) is 0 Å². The van der Waals surface area contributed by atoms with E-state index >= 15 is 0 Å². The molecule has 0 heterocycles. The van der Waals surface area contributed by atoms with Crippen molar-refractivity contribution in [3.8, 4) is 0 Å². The lowest BCUT2D eigenvalue weighted by Crippen LogP contribution is -2.41. The van der Waals surface area contributed by atoms with E-state index in [-0.39, 0.29) is 18.3 Å². The fourth-order valence-electron chi connectivity index (χ4n) is 2.52. The van der Waals surface area contributed by atoms with E-state index in [4.69, 9.17) is 0 Å². The molecule has 3 nitrogen and oxygen atoms in total. The molecule has 1 saturated carbocycles. The molecule has 2 N–H and O–H groups in total. The molecule has 1 aliphatic carbocycles. The standard InChI is InChI=1S/C15H20BrFN2O/c16-14-7-6-12(17)8-11(14)9-18-10-15(20)19-13-4-2-1-3-5-13/h6-8,13,18H,1-5,9-10H2,(H,19,20). The maximum atomic E-state index is 13.1. The van der Waals surface area contributed by atoms with Gasteiger partial charge < -0.3 is 10.6 Å². The van der Waals surface area contributed by atoms with E-state index in [9.17, 15) is 9.18 Å². The van der Waals surface area contributed by atoms with Crippen LogP contribution in [0, 0.1) is 5.82 Å². The quantitative estimate of drug-likeness (QED) is 0.863. The molecule has 20 heavy (non-hydrogen) atoms. The molecule has 1 aromatic carbocycles. The van der Waals surface area contributed by atoms with E-state index in [0.29, 0.717) is 12.6 Å². The number of amides is 1. The number of rotatable bonds is 5. The highest BCUT2D eigenvalue weighted by atomic mass is 79.9. The van der Waals surface area contributed by atoms with E-state index in [1.165, 1.54) is 31.4 Å². The first-order valence-corrected chi connectivity index (χ1v) is 7.88. The first kappa shape index (κ1) is 15.4. The number of carbonyl (C=O) groups is 1. The Kier molecular flexibility index (Phi) is 5.98. The van der Waals surface area contributed by atoms with Crippen LogP contribution in [-0.2, 0) is 11.3 Å². The van der Waals surface area contributed by atoms with Gasteiger partial charge in [0.15, 0.2) is 0 Å². The van der Waals surface area contributed by atoms with Gasteiger partial charge in [-0.3, -0.25) is 4.79 Å². The highest BCUT2D eigenvalue weighted by molar-refractivity contribution is 9.10. The largest absolute Gasteiger partial charge is 0.352 e. The van der Waals surface area contributed by atoms with Crippen LogP contribution in [0.1, 0.15) is 37.7 Å². The monoisotopic (exact) mass is 342 g/mol. The summed E-state index contributed by atoms with van der Waals surface area (Å²) < 4.78 is 14.0. The molecule has 0 atom stereocenters. The van der Waals surface area contributed by atoms with Gasteiger partial charge in [-0.25, -0.2) is 4.39 Å². The number of benzene rings is 1. The normalized spacial score (nSPS) is 16.1. The van der Waals surface area contributed by atoms with Crippen molar-refractivity contribution in [2.75, 3.05) is 6.54 Å². The minimum absolute atomic E-state index is 0.0180. The number of carbonyl (C=O) groups excluding carboxylic acids is 1. The summed E-state index contributed by atoms with van der Waals surface area (Å²) in [6, 6.07) is 4.88. The zero-order valence-corrected chi connectivity index (χ0v) is 13.0. The van der Waals surface area contributed by atoms with Crippen molar-refractivity contribution in [3.63, 3.8) is 0 Å². The summed E-state index contributed by atoms with van der Waals surface area (Å²) in [4.78, 5) is 11.8. The van der Waals surface area contributed by atoms with Gasteiger partial charge in [0.2, 0.25) is 5.91 Å². The Morgan fingerprint density at radius 2 is 2.05 bits per heavy atom. The fourth-order valence-corrected chi connectivity index (χ4v) is 2.90. The van der Waals surface area contributed by atoms with Gasteiger partial charge in [0.25, 0.3) is 0 Å². The highest BCUT2D eigenvalue weighted by Gasteiger charge is 2.15. The summed E-state index contributed by atoms with van der Waals surface area (Å²) in [7, 11) is 0. The Morgan fingerprint density at radius 3 is 2.80 bits per heavy atom. The average Bonchev–Trinajstić information content (AvgIpc) is 2.44. The second-order valence-corrected chi connectivity index (χ2v) is 6.10. The Hall–Kier alpha value is -0.940. The maximum Gasteiger partial charge on any atom is 0.234 e. The summed E-state index contributed by atoms with van der Waals surface area (Å²) >= 11 is 3.37. The molecular formula is C15H20BrFN2O. The molecule has 5 heteroatoms. The second kappa shape index (κ2) is 7.74. The predicted octanol–water partition coefficient (Wildman–Crippen LogP) is 3.13. The average molecular weight is 343 g/mol. The summed E-state index contributed by atoms with van der Waals surface area (Å²) in [5, 5.41) is 6.09. The van der Waals surface area contributed by atoms with Crippen molar-refractivity contribution in [1.82, 2.24) is 10.6 Å². The molecule has 0 saturated heterocycles. The molecule has 0 aliphatic heterocycles. The number of hydrogen-bond donors (Lipinski definition) is 2. The summed E-state index contributed by atoms with van der Waals surface area (Å²) in [5.41, 5.74) is 0.815. The van der Waals surface area contributed by atoms with E-state index < -0.39 is 0 Å². The van der Waals surface area contributed by atoms with Crippen LogP contribution in [0.5, 0.6) is 0 Å². The van der Waals surface area contributed by atoms with Gasteiger partial charge in [-0.15, -0.1) is 0 Å². The molecule has 0 bridgehead atoms. The van der Waals surface area contributed by atoms with Crippen molar-refractivity contribution < 1.29 is 9.18 Å². The molecule has 1 aliphatic rings. The lowest BCUT2D eigenvalue weighted by molar-refractivity contribution is -0.121. The molecule has 0 unspecified atom stereocenters. The molecule has 1 amide bonds. The molecule has 0 aromatic heterocycles.